The van der Waals surface area contributed by atoms with Gasteiger partial charge in [-0.3, -0.25) is 9.59 Å². The lowest BCUT2D eigenvalue weighted by atomic mass is 10.0. The molecule has 0 bridgehead atoms. The average molecular weight is 506 g/mol. The second-order valence-electron chi connectivity index (χ2n) is 6.93. The summed E-state index contributed by atoms with van der Waals surface area (Å²) in [6.45, 7) is -0.463. The minimum atomic E-state index is -5.13. The zero-order valence-corrected chi connectivity index (χ0v) is 17.7. The summed E-state index contributed by atoms with van der Waals surface area (Å²) in [4.78, 5) is 28.2. The van der Waals surface area contributed by atoms with E-state index >= 15 is 0 Å². The van der Waals surface area contributed by atoms with Gasteiger partial charge in [-0.2, -0.15) is 31.3 Å². The molecule has 7 nitrogen and oxygen atoms in total. The number of thiazole rings is 1. The van der Waals surface area contributed by atoms with Gasteiger partial charge in [0.05, 0.1) is 28.5 Å². The van der Waals surface area contributed by atoms with Gasteiger partial charge in [0, 0.05) is 17.7 Å². The number of nitrogens with zero attached hydrogens (tertiary/aromatic N) is 2. The van der Waals surface area contributed by atoms with E-state index in [1.165, 1.54) is 10.6 Å². The quantitative estimate of drug-likeness (QED) is 0.389. The maximum absolute atomic E-state index is 13.1. The van der Waals surface area contributed by atoms with Gasteiger partial charge in [0.15, 0.2) is 16.3 Å². The van der Waals surface area contributed by atoms with E-state index in [-0.39, 0.29) is 29.8 Å². The number of halogens is 6. The molecule has 0 radical (unpaired) electrons. The van der Waals surface area contributed by atoms with E-state index in [4.69, 9.17) is 9.47 Å². The molecule has 1 amide bonds. The highest BCUT2D eigenvalue weighted by atomic mass is 32.1. The van der Waals surface area contributed by atoms with Crippen LogP contribution in [0.2, 0.25) is 0 Å². The Bertz CT molecular complexity index is 1340. The Morgan fingerprint density at radius 2 is 1.59 bits per heavy atom. The number of carbonyl (C=O) groups is 2. The molecule has 0 fully saturated rings. The molecule has 3 aromatic rings. The van der Waals surface area contributed by atoms with Crippen molar-refractivity contribution in [2.75, 3.05) is 13.9 Å². The molecule has 1 aromatic heterocycles. The molecule has 1 aliphatic heterocycles. The van der Waals surface area contributed by atoms with Crippen LogP contribution in [0.1, 0.15) is 21.5 Å². The third-order valence-electron chi connectivity index (χ3n) is 4.72. The number of alkyl halides is 6. The molecule has 14 heteroatoms. The third kappa shape index (κ3) is 4.58. The fraction of sp³-hybridized carbons (Fsp3) is 0.250. The summed E-state index contributed by atoms with van der Waals surface area (Å²) in [5, 5.41) is 0. The van der Waals surface area contributed by atoms with Crippen molar-refractivity contribution in [1.82, 2.24) is 4.57 Å². The Hall–Kier alpha value is -3.55. The van der Waals surface area contributed by atoms with Crippen molar-refractivity contribution < 1.29 is 50.1 Å². The zero-order chi connectivity index (χ0) is 24.8. The van der Waals surface area contributed by atoms with Gasteiger partial charge in [-0.15, -0.1) is 0 Å². The molecule has 2 heterocycles. The number of aromatic nitrogens is 1. The molecule has 0 saturated heterocycles. The van der Waals surface area contributed by atoms with E-state index < -0.39 is 47.5 Å². The van der Waals surface area contributed by atoms with Gasteiger partial charge in [-0.25, -0.2) is 0 Å². The Labute approximate surface area is 189 Å². The molecule has 180 valence electrons. The lowest BCUT2D eigenvalue weighted by Crippen LogP contribution is -2.22. The van der Waals surface area contributed by atoms with Gasteiger partial charge in [0.25, 0.3) is 5.91 Å². The lowest BCUT2D eigenvalue weighted by molar-refractivity contribution is -0.143. The second-order valence-corrected chi connectivity index (χ2v) is 7.94. The lowest BCUT2D eigenvalue weighted by Gasteiger charge is -2.13. The molecule has 0 aliphatic carbocycles. The van der Waals surface area contributed by atoms with Crippen LogP contribution < -0.4 is 14.3 Å². The number of amides is 1. The topological polar surface area (TPSA) is 79.1 Å². The van der Waals surface area contributed by atoms with Crippen molar-refractivity contribution in [2.45, 2.75) is 18.9 Å². The van der Waals surface area contributed by atoms with Crippen molar-refractivity contribution in [3.05, 3.63) is 51.8 Å². The number of benzene rings is 2. The molecular formula is C20H12F6N2O5S. The van der Waals surface area contributed by atoms with E-state index in [1.807, 2.05) is 0 Å². The Morgan fingerprint density at radius 1 is 1.00 bits per heavy atom. The first-order valence-electron chi connectivity index (χ1n) is 9.25. The largest absolute Gasteiger partial charge is 0.468 e. The summed E-state index contributed by atoms with van der Waals surface area (Å²) >= 11 is 0.873. The molecule has 0 N–H and O–H groups in total. The molecule has 0 spiro atoms. The summed E-state index contributed by atoms with van der Waals surface area (Å²) in [6.07, 6.45) is -10.3. The second kappa shape index (κ2) is 8.34. The van der Waals surface area contributed by atoms with Crippen LogP contribution in [0.4, 0.5) is 26.3 Å². The minimum Gasteiger partial charge on any atom is -0.468 e. The number of ether oxygens (including phenoxy) is 3. The van der Waals surface area contributed by atoms with Crippen LogP contribution >= 0.6 is 11.3 Å². The maximum atomic E-state index is 13.1. The van der Waals surface area contributed by atoms with Crippen LogP contribution in [0.5, 0.6) is 11.5 Å². The third-order valence-corrected chi connectivity index (χ3v) is 5.76. The number of hydrogen-bond donors (Lipinski definition) is 0. The van der Waals surface area contributed by atoms with Crippen molar-refractivity contribution in [3.63, 3.8) is 0 Å². The average Bonchev–Trinajstić information content (AvgIpc) is 3.34. The highest BCUT2D eigenvalue weighted by Crippen LogP contribution is 2.38. The van der Waals surface area contributed by atoms with Crippen LogP contribution in [0.25, 0.3) is 10.2 Å². The summed E-state index contributed by atoms with van der Waals surface area (Å²) in [5.41, 5.74) is -3.85. The highest BCUT2D eigenvalue weighted by molar-refractivity contribution is 7.16. The first kappa shape index (κ1) is 23.6. The van der Waals surface area contributed by atoms with Crippen molar-refractivity contribution in [1.29, 1.82) is 0 Å². The fourth-order valence-corrected chi connectivity index (χ4v) is 4.16. The van der Waals surface area contributed by atoms with E-state index in [9.17, 15) is 35.9 Å². The van der Waals surface area contributed by atoms with E-state index in [0.717, 1.165) is 18.4 Å². The van der Waals surface area contributed by atoms with Crippen molar-refractivity contribution in [2.24, 2.45) is 4.99 Å². The van der Waals surface area contributed by atoms with Crippen LogP contribution in [0.3, 0.4) is 0 Å². The molecule has 0 saturated carbocycles. The fourth-order valence-electron chi connectivity index (χ4n) is 3.12. The van der Waals surface area contributed by atoms with Gasteiger partial charge >= 0.3 is 18.3 Å². The van der Waals surface area contributed by atoms with E-state index in [1.54, 1.807) is 6.07 Å². The van der Waals surface area contributed by atoms with Gasteiger partial charge in [0.2, 0.25) is 6.79 Å². The maximum Gasteiger partial charge on any atom is 0.416 e. The van der Waals surface area contributed by atoms with Crippen LogP contribution in [0, 0.1) is 0 Å². The van der Waals surface area contributed by atoms with E-state index in [0.29, 0.717) is 21.7 Å². The van der Waals surface area contributed by atoms with Crippen LogP contribution in [0.15, 0.2) is 35.3 Å². The molecule has 2 aromatic carbocycles. The first-order valence-corrected chi connectivity index (χ1v) is 10.1. The van der Waals surface area contributed by atoms with E-state index in [2.05, 4.69) is 9.73 Å². The molecular weight excluding hydrogens is 494 g/mol. The van der Waals surface area contributed by atoms with Gasteiger partial charge in [-0.05, 0) is 18.2 Å². The molecule has 0 atom stereocenters. The molecule has 34 heavy (non-hydrogen) atoms. The number of methoxy groups -OCH3 is 1. The molecule has 0 unspecified atom stereocenters. The standard InChI is InChI=1S/C20H12F6N2O5S/c1-31-16(29)7-28-12-5-13-14(33-8-32-13)6-15(12)34-18(28)27-17(30)9-2-10(19(21,22)23)4-11(3-9)20(24,25)26/h2-6H,7-8H2,1H3. The van der Waals surface area contributed by atoms with Crippen LogP contribution in [-0.4, -0.2) is 30.3 Å². The Morgan fingerprint density at radius 3 is 2.15 bits per heavy atom. The number of rotatable bonds is 3. The zero-order valence-electron chi connectivity index (χ0n) is 16.9. The summed E-state index contributed by atoms with van der Waals surface area (Å²) in [7, 11) is 1.12. The predicted molar refractivity (Wildman–Crippen MR) is 104 cm³/mol. The Kier molecular flexibility index (Phi) is 5.79. The normalized spacial score (nSPS) is 14.0. The summed E-state index contributed by atoms with van der Waals surface area (Å²) in [6, 6.07) is 3.54. The molecule has 1 aliphatic rings. The number of esters is 1. The Balaban J connectivity index is 1.88. The SMILES string of the molecule is COC(=O)Cn1c(=NC(=O)c2cc(C(F)(F)F)cc(C(F)(F)F)c2)sc2cc3c(cc21)OCO3. The summed E-state index contributed by atoms with van der Waals surface area (Å²) < 4.78 is 95.7. The monoisotopic (exact) mass is 506 g/mol. The number of carbonyl (C=O) groups excluding carboxylic acids is 2. The smallest absolute Gasteiger partial charge is 0.416 e. The van der Waals surface area contributed by atoms with Crippen molar-refractivity contribution in [3.8, 4) is 11.5 Å². The predicted octanol–water partition coefficient (Wildman–Crippen LogP) is 4.38. The van der Waals surface area contributed by atoms with Gasteiger partial charge < -0.3 is 18.8 Å². The highest BCUT2D eigenvalue weighted by Gasteiger charge is 2.37. The minimum absolute atomic E-state index is 0.0313. The number of hydrogen-bond acceptors (Lipinski definition) is 6. The first-order chi connectivity index (χ1) is 15.9. The van der Waals surface area contributed by atoms with Crippen LogP contribution in [-0.2, 0) is 28.4 Å². The van der Waals surface area contributed by atoms with Gasteiger partial charge in [0.1, 0.15) is 6.54 Å². The molecule has 4 rings (SSSR count). The van der Waals surface area contributed by atoms with Crippen molar-refractivity contribution >= 4 is 33.4 Å². The van der Waals surface area contributed by atoms with Gasteiger partial charge in [-0.1, -0.05) is 11.3 Å². The summed E-state index contributed by atoms with van der Waals surface area (Å²) in [5.74, 6) is -1.37. The number of fused-ring (bicyclic) bond motifs is 2.